The first-order valence-electron chi connectivity index (χ1n) is 9.37. The summed E-state index contributed by atoms with van der Waals surface area (Å²) in [5.74, 6) is 0.900. The SMILES string of the molecule is CCOc1cc(CNc2cccc(Cl)c2)ccc1OCC(=O)Nc1ccccc1. The van der Waals surface area contributed by atoms with Crippen molar-refractivity contribution in [1.82, 2.24) is 0 Å². The minimum atomic E-state index is -0.231. The van der Waals surface area contributed by atoms with Crippen LogP contribution in [0.15, 0.2) is 72.8 Å². The van der Waals surface area contributed by atoms with Crippen molar-refractivity contribution in [3.63, 3.8) is 0 Å². The second-order valence-corrected chi connectivity index (χ2v) is 6.72. The van der Waals surface area contributed by atoms with Gasteiger partial charge in [0.05, 0.1) is 6.61 Å². The lowest BCUT2D eigenvalue weighted by molar-refractivity contribution is -0.118. The van der Waals surface area contributed by atoms with Gasteiger partial charge in [0.15, 0.2) is 18.1 Å². The summed E-state index contributed by atoms with van der Waals surface area (Å²) >= 11 is 6.02. The fraction of sp³-hybridized carbons (Fsp3) is 0.174. The van der Waals surface area contributed by atoms with E-state index in [1.54, 1.807) is 0 Å². The summed E-state index contributed by atoms with van der Waals surface area (Å²) in [5.41, 5.74) is 2.69. The van der Waals surface area contributed by atoms with E-state index in [1.807, 2.05) is 79.7 Å². The zero-order valence-electron chi connectivity index (χ0n) is 16.2. The van der Waals surface area contributed by atoms with E-state index in [1.165, 1.54) is 0 Å². The normalized spacial score (nSPS) is 10.3. The van der Waals surface area contributed by atoms with Gasteiger partial charge < -0.3 is 20.1 Å². The van der Waals surface area contributed by atoms with Crippen LogP contribution in [-0.4, -0.2) is 19.1 Å². The molecule has 5 nitrogen and oxygen atoms in total. The molecule has 0 aliphatic heterocycles. The number of nitrogens with one attached hydrogen (secondary N) is 2. The molecular formula is C23H23ClN2O3. The third-order valence-corrected chi connectivity index (χ3v) is 4.28. The lowest BCUT2D eigenvalue weighted by Crippen LogP contribution is -2.20. The van der Waals surface area contributed by atoms with Crippen LogP contribution in [0.1, 0.15) is 12.5 Å². The van der Waals surface area contributed by atoms with Crippen LogP contribution in [0, 0.1) is 0 Å². The molecule has 0 unspecified atom stereocenters. The molecule has 0 radical (unpaired) electrons. The van der Waals surface area contributed by atoms with Gasteiger partial charge >= 0.3 is 0 Å². The zero-order chi connectivity index (χ0) is 20.5. The van der Waals surface area contributed by atoms with Gasteiger partial charge in [-0.05, 0) is 55.0 Å². The smallest absolute Gasteiger partial charge is 0.262 e. The molecule has 0 saturated carbocycles. The molecule has 0 fully saturated rings. The number of carbonyl (C=O) groups is 1. The quantitative estimate of drug-likeness (QED) is 0.498. The predicted octanol–water partition coefficient (Wildman–Crippen LogP) is 5.37. The van der Waals surface area contributed by atoms with Gasteiger partial charge in [-0.2, -0.15) is 0 Å². The number of anilines is 2. The molecule has 3 aromatic carbocycles. The molecule has 29 heavy (non-hydrogen) atoms. The summed E-state index contributed by atoms with van der Waals surface area (Å²) in [6, 6.07) is 22.5. The maximum Gasteiger partial charge on any atom is 0.262 e. The van der Waals surface area contributed by atoms with Gasteiger partial charge in [0.2, 0.25) is 0 Å². The maximum absolute atomic E-state index is 12.1. The third-order valence-electron chi connectivity index (χ3n) is 4.05. The number of amides is 1. The van der Waals surface area contributed by atoms with Gasteiger partial charge in [0.1, 0.15) is 0 Å². The Balaban J connectivity index is 1.60. The maximum atomic E-state index is 12.1. The minimum Gasteiger partial charge on any atom is -0.490 e. The van der Waals surface area contributed by atoms with E-state index < -0.39 is 0 Å². The molecule has 0 aromatic heterocycles. The predicted molar refractivity (Wildman–Crippen MR) is 117 cm³/mol. The highest BCUT2D eigenvalue weighted by Crippen LogP contribution is 2.29. The molecule has 2 N–H and O–H groups in total. The highest BCUT2D eigenvalue weighted by Gasteiger charge is 2.10. The van der Waals surface area contributed by atoms with E-state index in [0.29, 0.717) is 29.7 Å². The molecule has 3 rings (SSSR count). The van der Waals surface area contributed by atoms with Crippen LogP contribution in [-0.2, 0) is 11.3 Å². The molecule has 0 aliphatic rings. The standard InChI is InChI=1S/C23H23ClN2O3/c1-2-28-22-13-17(15-25-20-10-6-7-18(24)14-20)11-12-21(22)29-16-23(27)26-19-8-4-3-5-9-19/h3-14,25H,2,15-16H2,1H3,(H,26,27). The van der Waals surface area contributed by atoms with Crippen LogP contribution >= 0.6 is 11.6 Å². The Morgan fingerprint density at radius 3 is 2.45 bits per heavy atom. The van der Waals surface area contributed by atoms with Crippen molar-refractivity contribution >= 4 is 28.9 Å². The van der Waals surface area contributed by atoms with Crippen molar-refractivity contribution in [2.75, 3.05) is 23.8 Å². The summed E-state index contributed by atoms with van der Waals surface area (Å²) in [6.45, 7) is 2.91. The number of hydrogen-bond donors (Lipinski definition) is 2. The van der Waals surface area contributed by atoms with E-state index in [-0.39, 0.29) is 12.5 Å². The van der Waals surface area contributed by atoms with Crippen molar-refractivity contribution in [1.29, 1.82) is 0 Å². The number of hydrogen-bond acceptors (Lipinski definition) is 4. The summed E-state index contributed by atoms with van der Waals surface area (Å²) in [4.78, 5) is 12.1. The zero-order valence-corrected chi connectivity index (χ0v) is 16.9. The van der Waals surface area contributed by atoms with Crippen molar-refractivity contribution in [2.24, 2.45) is 0 Å². The Morgan fingerprint density at radius 1 is 0.897 bits per heavy atom. The number of rotatable bonds is 9. The minimum absolute atomic E-state index is 0.102. The molecule has 0 heterocycles. The fourth-order valence-corrected chi connectivity index (χ4v) is 2.90. The van der Waals surface area contributed by atoms with Crippen molar-refractivity contribution in [2.45, 2.75) is 13.5 Å². The van der Waals surface area contributed by atoms with E-state index in [2.05, 4.69) is 10.6 Å². The third kappa shape index (κ3) is 6.43. The molecule has 0 aliphatic carbocycles. The summed E-state index contributed by atoms with van der Waals surface area (Å²) in [5, 5.41) is 6.80. The average Bonchev–Trinajstić information content (AvgIpc) is 2.72. The molecule has 0 spiro atoms. The number of halogens is 1. The number of benzene rings is 3. The second-order valence-electron chi connectivity index (χ2n) is 6.28. The van der Waals surface area contributed by atoms with E-state index >= 15 is 0 Å². The van der Waals surface area contributed by atoms with Gasteiger partial charge in [0, 0.05) is 22.9 Å². The number of para-hydroxylation sites is 1. The van der Waals surface area contributed by atoms with Gasteiger partial charge in [-0.25, -0.2) is 0 Å². The Morgan fingerprint density at radius 2 is 1.69 bits per heavy atom. The average molecular weight is 411 g/mol. The lowest BCUT2D eigenvalue weighted by Gasteiger charge is -2.14. The van der Waals surface area contributed by atoms with E-state index in [4.69, 9.17) is 21.1 Å². The molecule has 150 valence electrons. The Bertz CT molecular complexity index is 948. The first-order valence-corrected chi connectivity index (χ1v) is 9.74. The molecule has 6 heteroatoms. The highest BCUT2D eigenvalue weighted by molar-refractivity contribution is 6.30. The van der Waals surface area contributed by atoms with Crippen LogP contribution in [0.4, 0.5) is 11.4 Å². The second kappa shape index (κ2) is 10.4. The molecule has 0 saturated heterocycles. The molecule has 3 aromatic rings. The van der Waals surface area contributed by atoms with Gasteiger partial charge in [-0.15, -0.1) is 0 Å². The van der Waals surface area contributed by atoms with Crippen LogP contribution in [0.5, 0.6) is 11.5 Å². The Kier molecular flexibility index (Phi) is 7.36. The van der Waals surface area contributed by atoms with E-state index in [0.717, 1.165) is 16.9 Å². The Labute approximate surface area is 175 Å². The number of ether oxygens (including phenoxy) is 2. The topological polar surface area (TPSA) is 59.6 Å². The van der Waals surface area contributed by atoms with Crippen LogP contribution in [0.25, 0.3) is 0 Å². The van der Waals surface area contributed by atoms with Crippen LogP contribution < -0.4 is 20.1 Å². The summed E-state index contributed by atoms with van der Waals surface area (Å²) < 4.78 is 11.4. The first kappa shape index (κ1) is 20.6. The van der Waals surface area contributed by atoms with Gasteiger partial charge in [0.25, 0.3) is 5.91 Å². The summed E-state index contributed by atoms with van der Waals surface area (Å²) in [7, 11) is 0. The van der Waals surface area contributed by atoms with Crippen molar-refractivity contribution < 1.29 is 14.3 Å². The molecule has 0 atom stereocenters. The largest absolute Gasteiger partial charge is 0.490 e. The molecular weight excluding hydrogens is 388 g/mol. The molecule has 1 amide bonds. The van der Waals surface area contributed by atoms with Crippen LogP contribution in [0.3, 0.4) is 0 Å². The van der Waals surface area contributed by atoms with E-state index in [9.17, 15) is 4.79 Å². The van der Waals surface area contributed by atoms with Crippen molar-refractivity contribution in [3.8, 4) is 11.5 Å². The van der Waals surface area contributed by atoms with Gasteiger partial charge in [-0.3, -0.25) is 4.79 Å². The first-order chi connectivity index (χ1) is 14.1. The number of carbonyl (C=O) groups excluding carboxylic acids is 1. The monoisotopic (exact) mass is 410 g/mol. The van der Waals surface area contributed by atoms with Crippen LogP contribution in [0.2, 0.25) is 5.02 Å². The fourth-order valence-electron chi connectivity index (χ4n) is 2.71. The molecule has 0 bridgehead atoms. The van der Waals surface area contributed by atoms with Crippen molar-refractivity contribution in [3.05, 3.63) is 83.4 Å². The Hall–Kier alpha value is -3.18. The summed E-state index contributed by atoms with van der Waals surface area (Å²) in [6.07, 6.45) is 0. The van der Waals surface area contributed by atoms with Gasteiger partial charge in [-0.1, -0.05) is 41.9 Å². The lowest BCUT2D eigenvalue weighted by atomic mass is 10.2. The highest BCUT2D eigenvalue weighted by atomic mass is 35.5.